The van der Waals surface area contributed by atoms with Crippen molar-refractivity contribution in [1.29, 1.82) is 0 Å². The standard InChI is InChI=1S/C24H23N6O4P3/c25-21-16-17-22(24(27)23(21)26)32-29-35-28-36(33-19-12-6-2-7-13-19)30(31-18-10-4-1-5-11-18)37(29)34-20-14-8-3-9-15-20/h1-17H,25-27H2. The Labute approximate surface area is 216 Å². The number of para-hydroxylation sites is 3. The summed E-state index contributed by atoms with van der Waals surface area (Å²) in [6.07, 6.45) is 0. The Morgan fingerprint density at radius 2 is 1.19 bits per heavy atom. The Hall–Kier alpha value is -4.22. The zero-order valence-corrected chi connectivity index (χ0v) is 22.0. The first kappa shape index (κ1) is 24.5. The van der Waals surface area contributed by atoms with Gasteiger partial charge in [-0.05, 0) is 52.8 Å². The number of hydrogen-bond donors (Lipinski definition) is 3. The molecule has 5 rings (SSSR count). The molecule has 13 heteroatoms. The van der Waals surface area contributed by atoms with Crippen LogP contribution in [0.5, 0.6) is 23.0 Å². The van der Waals surface area contributed by atoms with Crippen molar-refractivity contribution in [3.8, 4) is 23.0 Å². The van der Waals surface area contributed by atoms with Crippen molar-refractivity contribution >= 4 is 41.7 Å². The molecule has 0 aliphatic carbocycles. The van der Waals surface area contributed by atoms with Crippen LogP contribution in [0.3, 0.4) is 0 Å². The molecule has 0 bridgehead atoms. The molecule has 6 N–H and O–H groups in total. The summed E-state index contributed by atoms with van der Waals surface area (Å²) in [7, 11) is -3.03. The second-order valence-corrected chi connectivity index (χ2v) is 11.8. The molecule has 2 unspecified atom stereocenters. The van der Waals surface area contributed by atoms with Gasteiger partial charge in [0.1, 0.15) is 17.2 Å². The van der Waals surface area contributed by atoms with Crippen LogP contribution < -0.4 is 35.9 Å². The number of aromatic nitrogens is 3. The zero-order valence-electron chi connectivity index (χ0n) is 19.4. The van der Waals surface area contributed by atoms with Gasteiger partial charge in [0.05, 0.1) is 11.4 Å². The van der Waals surface area contributed by atoms with Crippen LogP contribution in [0.4, 0.5) is 17.1 Å². The average Bonchev–Trinajstić information content (AvgIpc) is 2.93. The second-order valence-electron chi connectivity index (χ2n) is 7.47. The van der Waals surface area contributed by atoms with Gasteiger partial charge in [0.15, 0.2) is 20.0 Å². The third kappa shape index (κ3) is 5.79. The highest BCUT2D eigenvalue weighted by Crippen LogP contribution is 2.43. The smallest absolute Gasteiger partial charge is 0.319 e. The first-order valence-electron chi connectivity index (χ1n) is 11.0. The van der Waals surface area contributed by atoms with Crippen molar-refractivity contribution in [2.24, 2.45) is 0 Å². The number of rotatable bonds is 8. The largest absolute Gasteiger partial charge is 0.414 e. The summed E-state index contributed by atoms with van der Waals surface area (Å²) < 4.78 is 20.5. The molecule has 1 aromatic heterocycles. The van der Waals surface area contributed by atoms with E-state index in [4.69, 9.17) is 40.4 Å². The summed E-state index contributed by atoms with van der Waals surface area (Å²) in [5.74, 6) is 2.16. The van der Waals surface area contributed by atoms with E-state index in [-0.39, 0.29) is 11.4 Å². The predicted octanol–water partition coefficient (Wildman–Crippen LogP) is 6.48. The van der Waals surface area contributed by atoms with E-state index >= 15 is 0 Å². The molecule has 188 valence electrons. The molecule has 0 amide bonds. The molecule has 0 spiro atoms. The lowest BCUT2D eigenvalue weighted by molar-refractivity contribution is 0.233. The van der Waals surface area contributed by atoms with Crippen LogP contribution in [0.1, 0.15) is 0 Å². The van der Waals surface area contributed by atoms with E-state index in [0.29, 0.717) is 37.2 Å². The fourth-order valence-electron chi connectivity index (χ4n) is 3.04. The van der Waals surface area contributed by atoms with E-state index in [1.165, 1.54) is 4.26 Å². The molecule has 0 radical (unpaired) electrons. The van der Waals surface area contributed by atoms with Crippen molar-refractivity contribution in [2.45, 2.75) is 0 Å². The summed E-state index contributed by atoms with van der Waals surface area (Å²) in [4.78, 5) is 12.5. The zero-order chi connectivity index (χ0) is 25.6. The van der Waals surface area contributed by atoms with E-state index in [0.717, 1.165) is 0 Å². The quantitative estimate of drug-likeness (QED) is 0.186. The Morgan fingerprint density at radius 3 is 1.81 bits per heavy atom. The molecule has 37 heavy (non-hydrogen) atoms. The molecular formula is C24H23N6O4P3. The van der Waals surface area contributed by atoms with Gasteiger partial charge >= 0.3 is 16.2 Å². The number of benzene rings is 4. The van der Waals surface area contributed by atoms with E-state index < -0.39 is 16.2 Å². The van der Waals surface area contributed by atoms with Crippen LogP contribution in [0.2, 0.25) is 0 Å². The molecule has 4 aromatic carbocycles. The SMILES string of the molecule is Nc1ccc(On2pnp(Oc3ccccc3)n(Oc3ccccc3)p2Oc2ccccc2)c(N)c1N. The van der Waals surface area contributed by atoms with Crippen LogP contribution in [-0.2, 0) is 0 Å². The number of nitrogens with zero attached hydrogens (tertiary/aromatic N) is 3. The van der Waals surface area contributed by atoms with Crippen LogP contribution in [0.15, 0.2) is 103 Å². The minimum Gasteiger partial charge on any atom is -0.414 e. The van der Waals surface area contributed by atoms with E-state index in [9.17, 15) is 0 Å². The summed E-state index contributed by atoms with van der Waals surface area (Å²) in [6, 6.07) is 31.4. The summed E-state index contributed by atoms with van der Waals surface area (Å²) in [5, 5.41) is 0. The summed E-state index contributed by atoms with van der Waals surface area (Å²) in [6.45, 7) is 0. The van der Waals surface area contributed by atoms with E-state index in [2.05, 4.69) is 0 Å². The van der Waals surface area contributed by atoms with Gasteiger partial charge in [-0.3, -0.25) is 0 Å². The first-order valence-corrected chi connectivity index (χ1v) is 14.1. The Balaban J connectivity index is 1.65. The number of hydrogen-bond acceptors (Lipinski definition) is 8. The molecule has 0 saturated carbocycles. The maximum atomic E-state index is 6.43. The molecule has 10 nitrogen and oxygen atoms in total. The van der Waals surface area contributed by atoms with Crippen molar-refractivity contribution in [3.63, 3.8) is 0 Å². The van der Waals surface area contributed by atoms with E-state index in [1.807, 2.05) is 91.0 Å². The Kier molecular flexibility index (Phi) is 7.43. The highest BCUT2D eigenvalue weighted by molar-refractivity contribution is 7.56. The summed E-state index contributed by atoms with van der Waals surface area (Å²) >= 11 is 0. The Morgan fingerprint density at radius 1 is 0.622 bits per heavy atom. The van der Waals surface area contributed by atoms with Gasteiger partial charge in [-0.1, -0.05) is 58.9 Å². The molecule has 0 aliphatic heterocycles. The van der Waals surface area contributed by atoms with Gasteiger partial charge in [0.2, 0.25) is 0 Å². The van der Waals surface area contributed by atoms with Crippen LogP contribution >= 0.6 is 24.7 Å². The second kappa shape index (κ2) is 11.2. The fourth-order valence-corrected chi connectivity index (χ4v) is 7.98. The summed E-state index contributed by atoms with van der Waals surface area (Å²) in [5.41, 5.74) is 18.9. The number of anilines is 3. The highest BCUT2D eigenvalue weighted by atomic mass is 31.2. The molecule has 0 aliphatic rings. The van der Waals surface area contributed by atoms with Gasteiger partial charge in [0, 0.05) is 0 Å². The van der Waals surface area contributed by atoms with Gasteiger partial charge in [-0.25, -0.2) is 0 Å². The maximum absolute atomic E-state index is 6.43. The van der Waals surface area contributed by atoms with Crippen molar-refractivity contribution < 1.29 is 18.7 Å². The van der Waals surface area contributed by atoms with Crippen LogP contribution in [0, 0.1) is 0 Å². The minimum absolute atomic E-state index is 0.216. The minimum atomic E-state index is -1.80. The van der Waals surface area contributed by atoms with Crippen molar-refractivity contribution in [3.05, 3.63) is 103 Å². The van der Waals surface area contributed by atoms with Gasteiger partial charge in [-0.2, -0.15) is 0 Å². The highest BCUT2D eigenvalue weighted by Gasteiger charge is 2.21. The van der Waals surface area contributed by atoms with Gasteiger partial charge in [-0.15, -0.1) is 4.51 Å². The lowest BCUT2D eigenvalue weighted by Gasteiger charge is -2.21. The Bertz CT molecular complexity index is 1520. The monoisotopic (exact) mass is 552 g/mol. The lowest BCUT2D eigenvalue weighted by atomic mass is 10.2. The third-order valence-corrected chi connectivity index (χ3v) is 9.54. The van der Waals surface area contributed by atoms with Crippen LogP contribution in [0.25, 0.3) is 0 Å². The molecule has 0 saturated heterocycles. The van der Waals surface area contributed by atoms with Crippen LogP contribution in [-0.4, -0.2) is 13.0 Å². The predicted molar refractivity (Wildman–Crippen MR) is 149 cm³/mol. The van der Waals surface area contributed by atoms with E-state index in [1.54, 1.807) is 16.4 Å². The average molecular weight is 552 g/mol. The van der Waals surface area contributed by atoms with Crippen molar-refractivity contribution in [2.75, 3.05) is 17.2 Å². The molecule has 5 aromatic rings. The number of nitrogen functional groups attached to an aromatic ring is 3. The normalized spacial score (nSPS) is 11.7. The maximum Gasteiger partial charge on any atom is 0.319 e. The van der Waals surface area contributed by atoms with Gasteiger partial charge < -0.3 is 35.9 Å². The number of nitrogens with two attached hydrogens (primary N) is 3. The lowest BCUT2D eigenvalue weighted by Crippen LogP contribution is -2.15. The molecule has 0 fully saturated rings. The third-order valence-electron chi connectivity index (χ3n) is 4.88. The molecule has 2 atom stereocenters. The van der Waals surface area contributed by atoms with Gasteiger partial charge in [0.25, 0.3) is 0 Å². The first-order chi connectivity index (χ1) is 18.1. The fraction of sp³-hybridized carbons (Fsp3) is 0. The molecular weight excluding hydrogens is 529 g/mol. The molecule has 1 heterocycles. The topological polar surface area (TPSA) is 138 Å². The van der Waals surface area contributed by atoms with Crippen molar-refractivity contribution in [1.82, 2.24) is 13.0 Å².